The zero-order valence-electron chi connectivity index (χ0n) is 21.1. The van der Waals surface area contributed by atoms with Crippen LogP contribution in [0.1, 0.15) is 25.0 Å². The van der Waals surface area contributed by atoms with E-state index < -0.39 is 16.5 Å². The lowest BCUT2D eigenvalue weighted by atomic mass is 9.91. The molecule has 0 spiro atoms. The molecule has 2 aromatic rings. The van der Waals surface area contributed by atoms with Crippen LogP contribution in [0.5, 0.6) is 11.5 Å². The van der Waals surface area contributed by atoms with Gasteiger partial charge in [0.25, 0.3) is 0 Å². The van der Waals surface area contributed by atoms with Gasteiger partial charge < -0.3 is 18.9 Å². The SMILES string of the molecule is CCO[P+](=O)OCCc1cccc(OCOC)c1-c1c(CCO[P+](=O)OCC)cccc1OCOC. The molecule has 0 fully saturated rings. The highest BCUT2D eigenvalue weighted by molar-refractivity contribution is 7.33. The van der Waals surface area contributed by atoms with Crippen LogP contribution in [0.2, 0.25) is 0 Å². The van der Waals surface area contributed by atoms with E-state index in [-0.39, 0.29) is 26.8 Å². The highest BCUT2D eigenvalue weighted by Gasteiger charge is 2.24. The third-order valence-electron chi connectivity index (χ3n) is 4.74. The summed E-state index contributed by atoms with van der Waals surface area (Å²) in [5.41, 5.74) is 3.28. The average Bonchev–Trinajstić information content (AvgIpc) is 2.87. The second-order valence-electron chi connectivity index (χ2n) is 7.13. The molecule has 2 aromatic carbocycles. The van der Waals surface area contributed by atoms with Crippen LogP contribution < -0.4 is 9.47 Å². The topological polar surface area (TPSA) is 108 Å². The predicted octanol–water partition coefficient (Wildman–Crippen LogP) is 5.83. The number of methoxy groups -OCH3 is 2. The molecule has 2 rings (SSSR count). The van der Waals surface area contributed by atoms with Crippen LogP contribution in [0.3, 0.4) is 0 Å². The van der Waals surface area contributed by atoms with Gasteiger partial charge in [0.05, 0.1) is 0 Å². The molecule has 0 bridgehead atoms. The molecule has 0 amide bonds. The maximum absolute atomic E-state index is 11.8. The summed E-state index contributed by atoms with van der Waals surface area (Å²) >= 11 is 0. The maximum atomic E-state index is 11.8. The van der Waals surface area contributed by atoms with Crippen molar-refractivity contribution in [3.63, 3.8) is 0 Å². The van der Waals surface area contributed by atoms with Gasteiger partial charge in [-0.25, -0.2) is 0 Å². The van der Waals surface area contributed by atoms with E-state index in [4.69, 9.17) is 37.0 Å². The molecule has 2 unspecified atom stereocenters. The highest BCUT2D eigenvalue weighted by Crippen LogP contribution is 2.42. The van der Waals surface area contributed by atoms with E-state index in [9.17, 15) is 9.13 Å². The fraction of sp³-hybridized carbons (Fsp3) is 0.500. The summed E-state index contributed by atoms with van der Waals surface area (Å²) in [6.45, 7) is 4.51. The number of rotatable bonds is 19. The zero-order chi connectivity index (χ0) is 26.2. The van der Waals surface area contributed by atoms with Crippen molar-refractivity contribution in [2.75, 3.05) is 54.2 Å². The van der Waals surface area contributed by atoms with E-state index in [2.05, 4.69) is 0 Å². The standard InChI is InChI=1S/C24H34O10P2/c1-5-31-35(25)33-15-13-19-9-7-11-21(29-17-27-3)23(19)24-20(14-16-34-36(26)32-6-2)10-8-12-22(24)30-18-28-4/h7-12H,5-6,13-18H2,1-4H3/q+2. The van der Waals surface area contributed by atoms with Crippen LogP contribution in [-0.4, -0.2) is 54.2 Å². The Balaban J connectivity index is 2.49. The smallest absolute Gasteiger partial charge is 0.467 e. The van der Waals surface area contributed by atoms with E-state index >= 15 is 0 Å². The van der Waals surface area contributed by atoms with Gasteiger partial charge in [0.2, 0.25) is 0 Å². The Morgan fingerprint density at radius 3 is 1.42 bits per heavy atom. The third-order valence-corrected chi connectivity index (χ3v) is 6.47. The zero-order valence-corrected chi connectivity index (χ0v) is 22.9. The van der Waals surface area contributed by atoms with Gasteiger partial charge in [0.15, 0.2) is 13.6 Å². The summed E-state index contributed by atoms with van der Waals surface area (Å²) in [4.78, 5) is 0. The third kappa shape index (κ3) is 9.81. The summed E-state index contributed by atoms with van der Waals surface area (Å²) in [5.74, 6) is 1.14. The Labute approximate surface area is 214 Å². The van der Waals surface area contributed by atoms with Crippen molar-refractivity contribution in [3.8, 4) is 22.6 Å². The van der Waals surface area contributed by atoms with Crippen LogP contribution in [0.15, 0.2) is 36.4 Å². The van der Waals surface area contributed by atoms with Crippen molar-refractivity contribution in [3.05, 3.63) is 47.5 Å². The molecule has 12 heteroatoms. The van der Waals surface area contributed by atoms with Crippen LogP contribution in [0.4, 0.5) is 0 Å². The second-order valence-corrected chi connectivity index (χ2v) is 9.06. The predicted molar refractivity (Wildman–Crippen MR) is 135 cm³/mol. The van der Waals surface area contributed by atoms with Gasteiger partial charge in [-0.3, -0.25) is 0 Å². The fourth-order valence-corrected chi connectivity index (χ4v) is 4.42. The van der Waals surface area contributed by atoms with Crippen LogP contribution in [-0.2, 0) is 49.5 Å². The first-order valence-electron chi connectivity index (χ1n) is 11.5. The van der Waals surface area contributed by atoms with Crippen LogP contribution in [0.25, 0.3) is 11.1 Å². The highest BCUT2D eigenvalue weighted by atomic mass is 31.1. The minimum atomic E-state index is -2.19. The van der Waals surface area contributed by atoms with Gasteiger partial charge >= 0.3 is 16.5 Å². The minimum Gasteiger partial charge on any atom is -0.467 e. The lowest BCUT2D eigenvalue weighted by molar-refractivity contribution is 0.0499. The Bertz CT molecular complexity index is 892. The first-order valence-corrected chi connectivity index (χ1v) is 13.7. The minimum absolute atomic E-state index is 0.0392. The molecular formula is C24H34O10P2+2. The molecule has 0 heterocycles. The van der Waals surface area contributed by atoms with Gasteiger partial charge in [0.1, 0.15) is 37.9 Å². The van der Waals surface area contributed by atoms with Crippen LogP contribution >= 0.6 is 16.5 Å². The van der Waals surface area contributed by atoms with Gasteiger partial charge in [-0.15, -0.1) is 18.1 Å². The molecule has 0 saturated carbocycles. The summed E-state index contributed by atoms with van der Waals surface area (Å²) in [6, 6.07) is 11.3. The summed E-state index contributed by atoms with van der Waals surface area (Å²) in [5, 5.41) is 0. The number of benzene rings is 2. The Hall–Kier alpha value is -2.00. The Morgan fingerprint density at radius 2 is 1.06 bits per heavy atom. The van der Waals surface area contributed by atoms with E-state index in [0.29, 0.717) is 37.6 Å². The molecule has 0 aliphatic heterocycles. The molecular weight excluding hydrogens is 510 g/mol. The maximum Gasteiger partial charge on any atom is 0.697 e. The molecule has 36 heavy (non-hydrogen) atoms. The molecule has 0 radical (unpaired) electrons. The Morgan fingerprint density at radius 1 is 0.639 bits per heavy atom. The molecule has 0 aliphatic carbocycles. The molecule has 0 saturated heterocycles. The monoisotopic (exact) mass is 544 g/mol. The van der Waals surface area contributed by atoms with E-state index in [1.54, 1.807) is 28.1 Å². The molecule has 10 nitrogen and oxygen atoms in total. The summed E-state index contributed by atoms with van der Waals surface area (Å²) in [6.07, 6.45) is 0.858. The lowest BCUT2D eigenvalue weighted by Gasteiger charge is -2.21. The normalized spacial score (nSPS) is 11.9. The van der Waals surface area contributed by atoms with Gasteiger partial charge in [-0.1, -0.05) is 24.3 Å². The fourth-order valence-electron chi connectivity index (χ4n) is 3.37. The number of ether oxygens (including phenoxy) is 4. The largest absolute Gasteiger partial charge is 0.697 e. The van der Waals surface area contributed by atoms with Crippen molar-refractivity contribution in [1.82, 2.24) is 0 Å². The molecule has 198 valence electrons. The van der Waals surface area contributed by atoms with Gasteiger partial charge in [-0.05, 0) is 37.1 Å². The first kappa shape index (κ1) is 30.2. The van der Waals surface area contributed by atoms with Crippen LogP contribution in [0, 0.1) is 0 Å². The van der Waals surface area contributed by atoms with E-state index in [1.807, 2.05) is 36.4 Å². The van der Waals surface area contributed by atoms with Crippen molar-refractivity contribution in [1.29, 1.82) is 0 Å². The second kappa shape index (κ2) is 17.5. The summed E-state index contributed by atoms with van der Waals surface area (Å²) < 4.78 is 66.4. The van der Waals surface area contributed by atoms with Gasteiger partial charge in [0, 0.05) is 47.3 Å². The molecule has 0 aromatic heterocycles. The van der Waals surface area contributed by atoms with E-state index in [1.165, 1.54) is 0 Å². The van der Waals surface area contributed by atoms with Gasteiger partial charge in [-0.2, -0.15) is 0 Å². The average molecular weight is 544 g/mol. The van der Waals surface area contributed by atoms with Crippen molar-refractivity contribution < 1.29 is 46.2 Å². The van der Waals surface area contributed by atoms with Crippen molar-refractivity contribution in [2.24, 2.45) is 0 Å². The number of hydrogen-bond donors (Lipinski definition) is 0. The molecule has 0 N–H and O–H groups in total. The van der Waals surface area contributed by atoms with Crippen molar-refractivity contribution in [2.45, 2.75) is 26.7 Å². The molecule has 2 atom stereocenters. The van der Waals surface area contributed by atoms with E-state index in [0.717, 1.165) is 22.3 Å². The molecule has 0 aliphatic rings. The summed E-state index contributed by atoms with van der Waals surface area (Å²) in [7, 11) is -1.31. The lowest BCUT2D eigenvalue weighted by Crippen LogP contribution is -2.08. The quantitative estimate of drug-likeness (QED) is 0.158. The van der Waals surface area contributed by atoms with Crippen molar-refractivity contribution >= 4 is 16.5 Å². The number of hydrogen-bond acceptors (Lipinski definition) is 10. The first-order chi connectivity index (χ1) is 17.5. The Kier molecular flexibility index (Phi) is 14.7.